The summed E-state index contributed by atoms with van der Waals surface area (Å²) in [6, 6.07) is 6.39. The van der Waals surface area contributed by atoms with Gasteiger partial charge in [-0.2, -0.15) is 11.8 Å². The van der Waals surface area contributed by atoms with Gasteiger partial charge in [-0.05, 0) is 50.3 Å². The zero-order chi connectivity index (χ0) is 13.2. The predicted molar refractivity (Wildman–Crippen MR) is 79.9 cm³/mol. The van der Waals surface area contributed by atoms with Crippen molar-refractivity contribution in [2.75, 3.05) is 19.9 Å². The molecule has 4 heteroatoms. The molecule has 1 heterocycles. The highest BCUT2D eigenvalue weighted by molar-refractivity contribution is 8.00. The van der Waals surface area contributed by atoms with Gasteiger partial charge in [-0.15, -0.1) is 0 Å². The van der Waals surface area contributed by atoms with Crippen molar-refractivity contribution in [2.24, 2.45) is 0 Å². The summed E-state index contributed by atoms with van der Waals surface area (Å²) in [5, 5.41) is 4.12. The maximum atomic E-state index is 6.09. The molecule has 18 heavy (non-hydrogen) atoms. The first-order chi connectivity index (χ1) is 8.60. The Labute approximate surface area is 118 Å². The number of ether oxygens (including phenoxy) is 1. The summed E-state index contributed by atoms with van der Waals surface area (Å²) in [5.74, 6) is 2.00. The van der Waals surface area contributed by atoms with Crippen molar-refractivity contribution in [3.8, 4) is 5.75 Å². The minimum Gasteiger partial charge on any atom is -0.495 e. The molecule has 0 saturated carbocycles. The van der Waals surface area contributed by atoms with E-state index in [0.29, 0.717) is 11.1 Å². The van der Waals surface area contributed by atoms with Crippen LogP contribution in [-0.4, -0.2) is 24.7 Å². The van der Waals surface area contributed by atoms with Gasteiger partial charge in [0.2, 0.25) is 0 Å². The highest BCUT2D eigenvalue weighted by Gasteiger charge is 2.38. The van der Waals surface area contributed by atoms with Gasteiger partial charge in [0.1, 0.15) is 5.75 Å². The Morgan fingerprint density at radius 1 is 1.50 bits per heavy atom. The van der Waals surface area contributed by atoms with Crippen molar-refractivity contribution < 1.29 is 4.74 Å². The molecule has 1 fully saturated rings. The molecule has 0 radical (unpaired) electrons. The van der Waals surface area contributed by atoms with E-state index < -0.39 is 0 Å². The van der Waals surface area contributed by atoms with Gasteiger partial charge < -0.3 is 10.1 Å². The number of methoxy groups -OCH3 is 1. The molecule has 0 aromatic heterocycles. The van der Waals surface area contributed by atoms with E-state index in [4.69, 9.17) is 16.3 Å². The summed E-state index contributed by atoms with van der Waals surface area (Å²) in [6.45, 7) is 2.34. The number of hydrogen-bond acceptors (Lipinski definition) is 3. The van der Waals surface area contributed by atoms with Crippen LogP contribution in [0.25, 0.3) is 0 Å². The summed E-state index contributed by atoms with van der Waals surface area (Å²) >= 11 is 8.14. The second kappa shape index (κ2) is 5.72. The fourth-order valence-corrected chi connectivity index (χ4v) is 4.37. The lowest BCUT2D eigenvalue weighted by Crippen LogP contribution is -2.35. The predicted octanol–water partition coefficient (Wildman–Crippen LogP) is 3.89. The van der Waals surface area contributed by atoms with Crippen LogP contribution in [0.4, 0.5) is 0 Å². The summed E-state index contributed by atoms with van der Waals surface area (Å²) < 4.78 is 5.57. The molecular weight excluding hydrogens is 266 g/mol. The van der Waals surface area contributed by atoms with E-state index in [1.54, 1.807) is 7.11 Å². The van der Waals surface area contributed by atoms with Crippen LogP contribution in [0.15, 0.2) is 18.2 Å². The van der Waals surface area contributed by atoms with Gasteiger partial charge in [-0.1, -0.05) is 17.7 Å². The Morgan fingerprint density at radius 2 is 2.28 bits per heavy atom. The van der Waals surface area contributed by atoms with E-state index >= 15 is 0 Å². The molecule has 0 aliphatic carbocycles. The largest absolute Gasteiger partial charge is 0.495 e. The van der Waals surface area contributed by atoms with Gasteiger partial charge in [0.25, 0.3) is 0 Å². The maximum absolute atomic E-state index is 6.09. The van der Waals surface area contributed by atoms with Crippen LogP contribution >= 0.6 is 23.4 Å². The van der Waals surface area contributed by atoms with Crippen molar-refractivity contribution >= 4 is 23.4 Å². The lowest BCUT2D eigenvalue weighted by Gasteiger charge is -2.33. The molecule has 1 aliphatic heterocycles. The number of rotatable bonds is 4. The zero-order valence-corrected chi connectivity index (χ0v) is 12.7. The highest BCUT2D eigenvalue weighted by atomic mass is 35.5. The first-order valence-electron chi connectivity index (χ1n) is 6.25. The molecule has 100 valence electrons. The standard InChI is InChI=1S/C14H20ClNOS/c1-14(7-4-8-18-14)13(16-2)10-5-6-11(15)12(9-10)17-3/h5-6,9,13,16H,4,7-8H2,1-3H3. The molecule has 2 unspecified atom stereocenters. The van der Waals surface area contributed by atoms with Gasteiger partial charge in [-0.25, -0.2) is 0 Å². The molecule has 0 bridgehead atoms. The van der Waals surface area contributed by atoms with Crippen LogP contribution in [0.2, 0.25) is 5.02 Å². The Hall–Kier alpha value is -0.380. The molecule has 2 rings (SSSR count). The van der Waals surface area contributed by atoms with Crippen molar-refractivity contribution in [1.29, 1.82) is 0 Å². The maximum Gasteiger partial charge on any atom is 0.137 e. The molecule has 0 spiro atoms. The van der Waals surface area contributed by atoms with E-state index in [9.17, 15) is 0 Å². The topological polar surface area (TPSA) is 21.3 Å². The number of hydrogen-bond donors (Lipinski definition) is 1. The Bertz CT molecular complexity index is 418. The fraction of sp³-hybridized carbons (Fsp3) is 0.571. The number of benzene rings is 1. The first kappa shape index (κ1) is 14.0. The summed E-state index contributed by atoms with van der Waals surface area (Å²) in [6.07, 6.45) is 2.54. The van der Waals surface area contributed by atoms with Crippen LogP contribution in [0.3, 0.4) is 0 Å². The van der Waals surface area contributed by atoms with Crippen LogP contribution in [0, 0.1) is 0 Å². The average molecular weight is 286 g/mol. The third kappa shape index (κ3) is 2.63. The van der Waals surface area contributed by atoms with E-state index in [1.807, 2.05) is 19.2 Å². The van der Waals surface area contributed by atoms with Gasteiger partial charge >= 0.3 is 0 Å². The van der Waals surface area contributed by atoms with Crippen LogP contribution in [0.5, 0.6) is 5.75 Å². The van der Waals surface area contributed by atoms with E-state index in [2.05, 4.69) is 30.1 Å². The lowest BCUT2D eigenvalue weighted by molar-refractivity contribution is 0.408. The molecule has 2 atom stereocenters. The van der Waals surface area contributed by atoms with Gasteiger partial charge in [0, 0.05) is 10.8 Å². The van der Waals surface area contributed by atoms with Crippen molar-refractivity contribution in [1.82, 2.24) is 5.32 Å². The van der Waals surface area contributed by atoms with Gasteiger partial charge in [-0.3, -0.25) is 0 Å². The molecule has 1 saturated heterocycles. The molecule has 1 aromatic carbocycles. The van der Waals surface area contributed by atoms with E-state index in [0.717, 1.165) is 5.75 Å². The molecule has 1 aliphatic rings. The van der Waals surface area contributed by atoms with E-state index in [-0.39, 0.29) is 4.75 Å². The first-order valence-corrected chi connectivity index (χ1v) is 7.62. The monoisotopic (exact) mass is 285 g/mol. The van der Waals surface area contributed by atoms with Gasteiger partial charge in [0.05, 0.1) is 12.1 Å². The van der Waals surface area contributed by atoms with E-state index in [1.165, 1.54) is 24.2 Å². The molecule has 0 amide bonds. The van der Waals surface area contributed by atoms with Crippen LogP contribution < -0.4 is 10.1 Å². The number of thioether (sulfide) groups is 1. The Morgan fingerprint density at radius 3 is 2.83 bits per heavy atom. The number of halogens is 1. The smallest absolute Gasteiger partial charge is 0.137 e. The molecule has 1 aromatic rings. The summed E-state index contributed by atoms with van der Waals surface area (Å²) in [5.41, 5.74) is 1.25. The second-order valence-electron chi connectivity index (χ2n) is 4.88. The van der Waals surface area contributed by atoms with Crippen molar-refractivity contribution in [3.63, 3.8) is 0 Å². The van der Waals surface area contributed by atoms with Gasteiger partial charge in [0.15, 0.2) is 0 Å². The summed E-state index contributed by atoms with van der Waals surface area (Å²) in [7, 11) is 3.68. The Kier molecular flexibility index (Phi) is 4.46. The quantitative estimate of drug-likeness (QED) is 0.907. The fourth-order valence-electron chi connectivity index (χ4n) is 2.71. The zero-order valence-electron chi connectivity index (χ0n) is 11.1. The second-order valence-corrected chi connectivity index (χ2v) is 6.92. The summed E-state index contributed by atoms with van der Waals surface area (Å²) in [4.78, 5) is 0. The highest BCUT2D eigenvalue weighted by Crippen LogP contribution is 2.47. The number of nitrogens with one attached hydrogen (secondary N) is 1. The SMILES string of the molecule is CNC(c1ccc(Cl)c(OC)c1)C1(C)CCCS1. The minimum absolute atomic E-state index is 0.258. The van der Waals surface area contributed by atoms with Crippen LogP contribution in [0.1, 0.15) is 31.4 Å². The molecular formula is C14H20ClNOS. The van der Waals surface area contributed by atoms with Crippen molar-refractivity contribution in [2.45, 2.75) is 30.6 Å². The average Bonchev–Trinajstić information content (AvgIpc) is 2.80. The molecule has 2 nitrogen and oxygen atoms in total. The third-order valence-electron chi connectivity index (χ3n) is 3.66. The minimum atomic E-state index is 0.258. The Balaban J connectivity index is 2.32. The van der Waals surface area contributed by atoms with Crippen LogP contribution in [-0.2, 0) is 0 Å². The molecule has 1 N–H and O–H groups in total. The normalized spacial score (nSPS) is 25.1. The lowest BCUT2D eigenvalue weighted by atomic mass is 9.90. The van der Waals surface area contributed by atoms with Crippen molar-refractivity contribution in [3.05, 3.63) is 28.8 Å². The third-order valence-corrected chi connectivity index (χ3v) is 5.56.